The highest BCUT2D eigenvalue weighted by Gasteiger charge is 2.39. The number of nitrogens with two attached hydrogens (primary N) is 1. The first kappa shape index (κ1) is 8.69. The Morgan fingerprint density at radius 3 is 2.31 bits per heavy atom. The van der Waals surface area contributed by atoms with Gasteiger partial charge in [-0.3, -0.25) is 5.84 Å². The average molecular weight is 178 g/mol. The summed E-state index contributed by atoms with van der Waals surface area (Å²) >= 11 is 0. The second-order valence-electron chi connectivity index (χ2n) is 3.59. The lowest BCUT2D eigenvalue weighted by molar-refractivity contribution is -0.0786. The van der Waals surface area contributed by atoms with E-state index in [1.54, 1.807) is 0 Å². The quantitative estimate of drug-likeness (QED) is 0.517. The second kappa shape index (κ2) is 3.10. The average Bonchev–Trinajstić information content (AvgIpc) is 2.07. The van der Waals surface area contributed by atoms with Gasteiger partial charge in [0.2, 0.25) is 0 Å². The summed E-state index contributed by atoms with van der Waals surface area (Å²) in [5, 5.41) is 0. The molecule has 0 bridgehead atoms. The van der Waals surface area contributed by atoms with Crippen LogP contribution in [0.1, 0.15) is 11.1 Å². The summed E-state index contributed by atoms with van der Waals surface area (Å²) in [6.45, 7) is 3.39. The molecule has 3 heteroatoms. The summed E-state index contributed by atoms with van der Waals surface area (Å²) in [5.41, 5.74) is 5.14. The van der Waals surface area contributed by atoms with E-state index in [9.17, 15) is 0 Å². The molecule has 1 heterocycles. The molecule has 1 fully saturated rings. The minimum atomic E-state index is -0.145. The Labute approximate surface area is 77.9 Å². The van der Waals surface area contributed by atoms with Crippen molar-refractivity contribution in [1.82, 2.24) is 5.43 Å². The standard InChI is InChI=1S/C10H14N2O/c1-8-2-4-9(5-3-8)10(12-11)6-13-7-10/h2-5,12H,6-7,11H2,1H3. The van der Waals surface area contributed by atoms with Gasteiger partial charge >= 0.3 is 0 Å². The van der Waals surface area contributed by atoms with E-state index in [1.165, 1.54) is 11.1 Å². The summed E-state index contributed by atoms with van der Waals surface area (Å²) in [4.78, 5) is 0. The van der Waals surface area contributed by atoms with E-state index >= 15 is 0 Å². The molecule has 0 aromatic heterocycles. The first-order chi connectivity index (χ1) is 6.27. The second-order valence-corrected chi connectivity index (χ2v) is 3.59. The van der Waals surface area contributed by atoms with Crippen molar-refractivity contribution in [3.05, 3.63) is 35.4 Å². The molecule has 0 amide bonds. The van der Waals surface area contributed by atoms with E-state index in [1.807, 2.05) is 0 Å². The fourth-order valence-electron chi connectivity index (χ4n) is 1.51. The Morgan fingerprint density at radius 2 is 1.92 bits per heavy atom. The van der Waals surface area contributed by atoms with Crippen LogP contribution < -0.4 is 11.3 Å². The molecule has 1 saturated heterocycles. The summed E-state index contributed by atoms with van der Waals surface area (Å²) in [5.74, 6) is 5.51. The van der Waals surface area contributed by atoms with Crippen LogP contribution in [0.2, 0.25) is 0 Å². The van der Waals surface area contributed by atoms with E-state index < -0.39 is 0 Å². The lowest BCUT2D eigenvalue weighted by atomic mass is 9.88. The van der Waals surface area contributed by atoms with Crippen LogP contribution in [0.4, 0.5) is 0 Å². The molecule has 1 aliphatic rings. The van der Waals surface area contributed by atoms with Crippen LogP contribution >= 0.6 is 0 Å². The number of aryl methyl sites for hydroxylation is 1. The molecular weight excluding hydrogens is 164 g/mol. The van der Waals surface area contributed by atoms with Crippen LogP contribution in [0.5, 0.6) is 0 Å². The van der Waals surface area contributed by atoms with Gasteiger partial charge in [0.25, 0.3) is 0 Å². The van der Waals surface area contributed by atoms with E-state index in [-0.39, 0.29) is 5.54 Å². The maximum atomic E-state index is 5.51. The molecule has 0 radical (unpaired) electrons. The topological polar surface area (TPSA) is 47.3 Å². The Morgan fingerprint density at radius 1 is 1.31 bits per heavy atom. The highest BCUT2D eigenvalue weighted by atomic mass is 16.5. The molecular formula is C10H14N2O. The van der Waals surface area contributed by atoms with Gasteiger partial charge in [-0.2, -0.15) is 0 Å². The Balaban J connectivity index is 2.28. The molecule has 13 heavy (non-hydrogen) atoms. The van der Waals surface area contributed by atoms with Crippen molar-refractivity contribution in [3.8, 4) is 0 Å². The number of ether oxygens (including phenoxy) is 1. The van der Waals surface area contributed by atoms with E-state index in [0.29, 0.717) is 13.2 Å². The molecule has 0 aliphatic carbocycles. The van der Waals surface area contributed by atoms with Gasteiger partial charge in [0.1, 0.15) is 5.54 Å². The van der Waals surface area contributed by atoms with E-state index in [4.69, 9.17) is 10.6 Å². The number of hydrazine groups is 1. The Kier molecular flexibility index (Phi) is 2.07. The van der Waals surface area contributed by atoms with Crippen LogP contribution in [-0.2, 0) is 10.3 Å². The van der Waals surface area contributed by atoms with Gasteiger partial charge in [0, 0.05) is 0 Å². The van der Waals surface area contributed by atoms with Gasteiger partial charge < -0.3 is 4.74 Å². The normalized spacial score (nSPS) is 19.5. The molecule has 2 rings (SSSR count). The summed E-state index contributed by atoms with van der Waals surface area (Å²) in [7, 11) is 0. The monoisotopic (exact) mass is 178 g/mol. The Bertz CT molecular complexity index is 285. The maximum absolute atomic E-state index is 5.51. The highest BCUT2D eigenvalue weighted by Crippen LogP contribution is 2.28. The smallest absolute Gasteiger partial charge is 0.103 e. The first-order valence-corrected chi connectivity index (χ1v) is 4.39. The summed E-state index contributed by atoms with van der Waals surface area (Å²) < 4.78 is 5.17. The minimum Gasteiger partial charge on any atom is -0.377 e. The number of hydrogen-bond acceptors (Lipinski definition) is 3. The molecule has 1 aliphatic heterocycles. The van der Waals surface area contributed by atoms with Gasteiger partial charge in [0.15, 0.2) is 0 Å². The molecule has 70 valence electrons. The van der Waals surface area contributed by atoms with E-state index in [2.05, 4.69) is 36.6 Å². The van der Waals surface area contributed by atoms with Gasteiger partial charge in [0.05, 0.1) is 13.2 Å². The van der Waals surface area contributed by atoms with Gasteiger partial charge in [-0.05, 0) is 12.5 Å². The van der Waals surface area contributed by atoms with Gasteiger partial charge in [-0.15, -0.1) is 0 Å². The van der Waals surface area contributed by atoms with Crippen molar-refractivity contribution < 1.29 is 4.74 Å². The van der Waals surface area contributed by atoms with Gasteiger partial charge in [-0.1, -0.05) is 29.8 Å². The van der Waals surface area contributed by atoms with Gasteiger partial charge in [-0.25, -0.2) is 5.43 Å². The number of rotatable bonds is 2. The predicted octanol–water partition coefficient (Wildman–Crippen LogP) is 0.684. The molecule has 1 aromatic rings. The lowest BCUT2D eigenvalue weighted by Crippen LogP contribution is -2.60. The van der Waals surface area contributed by atoms with Crippen molar-refractivity contribution in [2.45, 2.75) is 12.5 Å². The molecule has 0 unspecified atom stereocenters. The lowest BCUT2D eigenvalue weighted by Gasteiger charge is -2.41. The molecule has 0 saturated carbocycles. The zero-order valence-electron chi connectivity index (χ0n) is 7.71. The number of hydrogen-bond donors (Lipinski definition) is 2. The third kappa shape index (κ3) is 1.35. The molecule has 0 spiro atoms. The molecule has 1 aromatic carbocycles. The zero-order valence-corrected chi connectivity index (χ0v) is 7.71. The van der Waals surface area contributed by atoms with E-state index in [0.717, 1.165) is 0 Å². The first-order valence-electron chi connectivity index (χ1n) is 4.39. The third-order valence-electron chi connectivity index (χ3n) is 2.58. The van der Waals surface area contributed by atoms with Crippen molar-refractivity contribution in [2.24, 2.45) is 5.84 Å². The zero-order chi connectivity index (χ0) is 9.31. The van der Waals surface area contributed by atoms with Crippen LogP contribution in [0.25, 0.3) is 0 Å². The minimum absolute atomic E-state index is 0.145. The van der Waals surface area contributed by atoms with Crippen LogP contribution in [0.3, 0.4) is 0 Å². The summed E-state index contributed by atoms with van der Waals surface area (Å²) in [6, 6.07) is 8.37. The fraction of sp³-hybridized carbons (Fsp3) is 0.400. The van der Waals surface area contributed by atoms with Crippen molar-refractivity contribution in [3.63, 3.8) is 0 Å². The number of nitrogens with one attached hydrogen (secondary N) is 1. The third-order valence-corrected chi connectivity index (χ3v) is 2.58. The molecule has 0 atom stereocenters. The predicted molar refractivity (Wildman–Crippen MR) is 51.0 cm³/mol. The van der Waals surface area contributed by atoms with Crippen LogP contribution in [0.15, 0.2) is 24.3 Å². The Hall–Kier alpha value is -0.900. The van der Waals surface area contributed by atoms with Crippen LogP contribution in [-0.4, -0.2) is 13.2 Å². The molecule has 3 N–H and O–H groups in total. The summed E-state index contributed by atoms with van der Waals surface area (Å²) in [6.07, 6.45) is 0. The molecule has 3 nitrogen and oxygen atoms in total. The van der Waals surface area contributed by atoms with Crippen molar-refractivity contribution in [2.75, 3.05) is 13.2 Å². The SMILES string of the molecule is Cc1ccc(C2(NN)COC2)cc1. The largest absolute Gasteiger partial charge is 0.377 e. The highest BCUT2D eigenvalue weighted by molar-refractivity contribution is 5.29. The van der Waals surface area contributed by atoms with Crippen molar-refractivity contribution in [1.29, 1.82) is 0 Å². The number of benzene rings is 1. The maximum Gasteiger partial charge on any atom is 0.103 e. The van der Waals surface area contributed by atoms with Crippen LogP contribution in [0, 0.1) is 6.92 Å². The van der Waals surface area contributed by atoms with Crippen molar-refractivity contribution >= 4 is 0 Å². The fourth-order valence-corrected chi connectivity index (χ4v) is 1.51.